The quantitative estimate of drug-likeness (QED) is 0.724. The van der Waals surface area contributed by atoms with E-state index >= 15 is 0 Å². The van der Waals surface area contributed by atoms with Gasteiger partial charge in [0.25, 0.3) is 0 Å². The van der Waals surface area contributed by atoms with Gasteiger partial charge in [0.15, 0.2) is 0 Å². The Kier molecular flexibility index (Phi) is 4.98. The van der Waals surface area contributed by atoms with Gasteiger partial charge < -0.3 is 9.84 Å². The third-order valence-corrected chi connectivity index (χ3v) is 8.27. The van der Waals surface area contributed by atoms with Crippen LogP contribution in [0.4, 0.5) is 0 Å². The summed E-state index contributed by atoms with van der Waals surface area (Å²) in [5.41, 5.74) is 4.43. The molecule has 5 atom stereocenters. The average molecular weight is 371 g/mol. The zero-order chi connectivity index (χ0) is 19.2. The lowest BCUT2D eigenvalue weighted by Crippen LogP contribution is -2.42. The largest absolute Gasteiger partial charge is 0.508 e. The maximum Gasteiger partial charge on any atom is 0.302 e. The van der Waals surface area contributed by atoms with Crippen LogP contribution in [0.1, 0.15) is 81.9 Å². The molecule has 1 aromatic carbocycles. The zero-order valence-corrected chi connectivity index (χ0v) is 17.1. The summed E-state index contributed by atoms with van der Waals surface area (Å²) in [6.45, 7) is 6.73. The van der Waals surface area contributed by atoms with Crippen LogP contribution in [-0.2, 0) is 22.4 Å². The van der Waals surface area contributed by atoms with Gasteiger partial charge >= 0.3 is 5.97 Å². The minimum absolute atomic E-state index is 0.155. The molecule has 1 N–H and O–H groups in total. The molecule has 3 nitrogen and oxygen atoms in total. The van der Waals surface area contributed by atoms with Crippen LogP contribution in [0, 0.1) is 23.2 Å². The Balaban J connectivity index is 1.55. The Morgan fingerprint density at radius 2 is 2.07 bits per heavy atom. The summed E-state index contributed by atoms with van der Waals surface area (Å²) in [6.07, 6.45) is 9.46. The first-order valence-corrected chi connectivity index (χ1v) is 10.9. The molecule has 27 heavy (non-hydrogen) atoms. The van der Waals surface area contributed by atoms with Gasteiger partial charge in [0.2, 0.25) is 0 Å². The van der Waals surface area contributed by atoms with E-state index in [1.165, 1.54) is 50.2 Å². The van der Waals surface area contributed by atoms with Crippen molar-refractivity contribution in [3.63, 3.8) is 0 Å². The second kappa shape index (κ2) is 7.14. The van der Waals surface area contributed by atoms with Crippen LogP contribution >= 0.6 is 0 Å². The van der Waals surface area contributed by atoms with E-state index in [1.54, 1.807) is 0 Å². The molecule has 2 saturated carbocycles. The van der Waals surface area contributed by atoms with E-state index in [1.807, 2.05) is 0 Å². The number of fused-ring (bicyclic) bond motifs is 5. The van der Waals surface area contributed by atoms with Crippen LogP contribution in [0.5, 0.6) is 5.75 Å². The highest BCUT2D eigenvalue weighted by molar-refractivity contribution is 5.65. The predicted molar refractivity (Wildman–Crippen MR) is 107 cm³/mol. The molecule has 0 bridgehead atoms. The molecule has 148 valence electrons. The van der Waals surface area contributed by atoms with Gasteiger partial charge in [0.05, 0.1) is 6.61 Å². The Hall–Kier alpha value is -1.51. The molecule has 2 fully saturated rings. The molecular formula is C24H34O3. The molecule has 0 spiro atoms. The maximum absolute atomic E-state index is 11.1. The van der Waals surface area contributed by atoms with Gasteiger partial charge in [0, 0.05) is 6.92 Å². The highest BCUT2D eigenvalue weighted by atomic mass is 16.5. The minimum atomic E-state index is -0.155. The summed E-state index contributed by atoms with van der Waals surface area (Å²) in [5, 5.41) is 10.3. The molecule has 4 rings (SSSR count). The van der Waals surface area contributed by atoms with Crippen LogP contribution in [0.2, 0.25) is 0 Å². The monoisotopic (exact) mass is 370 g/mol. The normalized spacial score (nSPS) is 34.5. The van der Waals surface area contributed by atoms with Gasteiger partial charge in [-0.15, -0.1) is 0 Å². The van der Waals surface area contributed by atoms with Crippen molar-refractivity contribution in [1.82, 2.24) is 0 Å². The highest BCUT2D eigenvalue weighted by Crippen LogP contribution is 2.63. The number of carbonyl (C=O) groups excluding carboxylic acids is 1. The van der Waals surface area contributed by atoms with Gasteiger partial charge in [-0.05, 0) is 103 Å². The molecule has 0 heterocycles. The first-order chi connectivity index (χ1) is 12.9. The van der Waals surface area contributed by atoms with Crippen LogP contribution in [0.25, 0.3) is 0 Å². The third kappa shape index (κ3) is 3.17. The standard InChI is InChI=1S/C24H34O3/c1-4-16-13-21-17(14-23(16)26)5-7-20-19(21)9-11-24(3)18(6-8-22(20)24)10-12-27-15(2)25/h13-14,18-20,22,26H,4-12H2,1-3H3. The van der Waals surface area contributed by atoms with Crippen molar-refractivity contribution < 1.29 is 14.6 Å². The van der Waals surface area contributed by atoms with E-state index < -0.39 is 0 Å². The fourth-order valence-electron chi connectivity index (χ4n) is 6.87. The molecule has 0 radical (unpaired) electrons. The summed E-state index contributed by atoms with van der Waals surface area (Å²) < 4.78 is 5.26. The van der Waals surface area contributed by atoms with E-state index in [-0.39, 0.29) is 5.97 Å². The van der Waals surface area contributed by atoms with Gasteiger partial charge in [-0.2, -0.15) is 0 Å². The summed E-state index contributed by atoms with van der Waals surface area (Å²) in [5.74, 6) is 3.27. The van der Waals surface area contributed by atoms with Crippen molar-refractivity contribution in [2.45, 2.75) is 78.1 Å². The van der Waals surface area contributed by atoms with E-state index in [9.17, 15) is 9.90 Å². The molecule has 0 amide bonds. The highest BCUT2D eigenvalue weighted by Gasteiger charge is 2.54. The second-order valence-electron chi connectivity index (χ2n) is 9.40. The number of hydrogen-bond donors (Lipinski definition) is 1. The first kappa shape index (κ1) is 18.8. The first-order valence-electron chi connectivity index (χ1n) is 10.9. The van der Waals surface area contributed by atoms with E-state index in [2.05, 4.69) is 26.0 Å². The summed E-state index contributed by atoms with van der Waals surface area (Å²) >= 11 is 0. The second-order valence-corrected chi connectivity index (χ2v) is 9.40. The van der Waals surface area contributed by atoms with Crippen molar-refractivity contribution in [1.29, 1.82) is 0 Å². The number of hydrogen-bond acceptors (Lipinski definition) is 3. The molecule has 0 aliphatic heterocycles. The molecule has 0 aromatic heterocycles. The molecule has 3 heteroatoms. The molecule has 0 saturated heterocycles. The Morgan fingerprint density at radius 3 is 2.81 bits per heavy atom. The van der Waals surface area contributed by atoms with Crippen LogP contribution in [-0.4, -0.2) is 17.7 Å². The molecule has 5 unspecified atom stereocenters. The van der Waals surface area contributed by atoms with Crippen LogP contribution < -0.4 is 0 Å². The lowest BCUT2D eigenvalue weighted by Gasteiger charge is -2.51. The topological polar surface area (TPSA) is 46.5 Å². The fraction of sp³-hybridized carbons (Fsp3) is 0.708. The summed E-state index contributed by atoms with van der Waals surface area (Å²) in [7, 11) is 0. The van der Waals surface area contributed by atoms with Crippen LogP contribution in [0.3, 0.4) is 0 Å². The van der Waals surface area contributed by atoms with Crippen molar-refractivity contribution in [3.05, 3.63) is 28.8 Å². The number of phenols is 1. The number of aryl methyl sites for hydroxylation is 2. The number of esters is 1. The summed E-state index contributed by atoms with van der Waals surface area (Å²) in [6, 6.07) is 4.37. The number of benzene rings is 1. The number of carbonyl (C=O) groups is 1. The molecular weight excluding hydrogens is 336 g/mol. The Bertz CT molecular complexity index is 725. The average Bonchev–Trinajstić information content (AvgIpc) is 2.97. The van der Waals surface area contributed by atoms with Crippen molar-refractivity contribution in [3.8, 4) is 5.75 Å². The van der Waals surface area contributed by atoms with E-state index in [4.69, 9.17) is 4.74 Å². The number of phenolic OH excluding ortho intramolecular Hbond substituents is 1. The van der Waals surface area contributed by atoms with Crippen molar-refractivity contribution in [2.24, 2.45) is 23.2 Å². The fourth-order valence-corrected chi connectivity index (χ4v) is 6.87. The predicted octanol–water partition coefficient (Wildman–Crippen LogP) is 5.38. The number of rotatable bonds is 4. The van der Waals surface area contributed by atoms with Gasteiger partial charge in [-0.25, -0.2) is 0 Å². The van der Waals surface area contributed by atoms with Crippen LogP contribution in [0.15, 0.2) is 12.1 Å². The number of ether oxygens (including phenoxy) is 1. The molecule has 3 aliphatic carbocycles. The minimum Gasteiger partial charge on any atom is -0.508 e. The lowest BCUT2D eigenvalue weighted by atomic mass is 9.54. The third-order valence-electron chi connectivity index (χ3n) is 8.27. The van der Waals surface area contributed by atoms with E-state index in [0.29, 0.717) is 29.6 Å². The maximum atomic E-state index is 11.1. The molecule has 3 aliphatic rings. The summed E-state index contributed by atoms with van der Waals surface area (Å²) in [4.78, 5) is 11.1. The Morgan fingerprint density at radius 1 is 1.26 bits per heavy atom. The van der Waals surface area contributed by atoms with Gasteiger partial charge in [-0.1, -0.05) is 19.9 Å². The van der Waals surface area contributed by atoms with Crippen molar-refractivity contribution >= 4 is 5.97 Å². The Labute approximate surface area is 163 Å². The number of aromatic hydroxyl groups is 1. The van der Waals surface area contributed by atoms with Crippen molar-refractivity contribution in [2.75, 3.05) is 6.61 Å². The lowest BCUT2D eigenvalue weighted by molar-refractivity contribution is -0.141. The molecule has 1 aromatic rings. The SMILES string of the molecule is CCc1cc2c(cc1O)CCC1C2CCC2(C)C(CCOC(C)=O)CCC12. The zero-order valence-electron chi connectivity index (χ0n) is 17.1. The van der Waals surface area contributed by atoms with Gasteiger partial charge in [-0.3, -0.25) is 4.79 Å². The smallest absolute Gasteiger partial charge is 0.302 e. The van der Waals surface area contributed by atoms with E-state index in [0.717, 1.165) is 36.7 Å². The van der Waals surface area contributed by atoms with Gasteiger partial charge in [0.1, 0.15) is 5.75 Å².